The van der Waals surface area contributed by atoms with Crippen LogP contribution < -0.4 is 0 Å². The first-order valence-electron chi connectivity index (χ1n) is 3.14. The molecule has 0 heterocycles. The number of hydrogen-bond acceptors (Lipinski definition) is 0. The van der Waals surface area contributed by atoms with Crippen LogP contribution in [0.1, 0.15) is 26.7 Å². The van der Waals surface area contributed by atoms with E-state index in [1.54, 1.807) is 0 Å². The molecule has 0 heteroatoms. The Labute approximate surface area is 45.9 Å². The molecular weight excluding hydrogens is 84.1 g/mol. The van der Waals surface area contributed by atoms with Crippen molar-refractivity contribution < 1.29 is 0 Å². The molecule has 0 N–H and O–H groups in total. The Morgan fingerprint density at radius 2 is 2.14 bits per heavy atom. The maximum absolute atomic E-state index is 2.42. The summed E-state index contributed by atoms with van der Waals surface area (Å²) in [6, 6.07) is 0. The summed E-state index contributed by atoms with van der Waals surface area (Å²) in [5.74, 6) is 1.86. The van der Waals surface area contributed by atoms with Crippen molar-refractivity contribution in [1.29, 1.82) is 0 Å². The Balaban J connectivity index is 2.14. The van der Waals surface area contributed by atoms with Crippen LogP contribution in [0.25, 0.3) is 0 Å². The van der Waals surface area contributed by atoms with Gasteiger partial charge in [0.05, 0.1) is 0 Å². The van der Waals surface area contributed by atoms with Crippen LogP contribution in [0.2, 0.25) is 0 Å². The maximum Gasteiger partial charge on any atom is -0.0352 e. The van der Waals surface area contributed by atoms with Gasteiger partial charge in [-0.3, -0.25) is 0 Å². The molecule has 1 aliphatic rings. The van der Waals surface area contributed by atoms with E-state index in [4.69, 9.17) is 0 Å². The zero-order valence-electron chi connectivity index (χ0n) is 5.15. The van der Waals surface area contributed by atoms with Gasteiger partial charge in [-0.2, -0.15) is 0 Å². The van der Waals surface area contributed by atoms with Gasteiger partial charge < -0.3 is 0 Å². The van der Waals surface area contributed by atoms with E-state index in [0.29, 0.717) is 0 Å². The summed E-state index contributed by atoms with van der Waals surface area (Å²) in [6.07, 6.45) is 5.23. The minimum absolute atomic E-state index is 0.897. The SMILES string of the molecule is CC(C)C1[CH]CC1. The molecule has 0 aromatic heterocycles. The average Bonchev–Trinajstić information content (AvgIpc) is 1.23. The van der Waals surface area contributed by atoms with Gasteiger partial charge in [0.2, 0.25) is 0 Å². The van der Waals surface area contributed by atoms with Gasteiger partial charge in [0.1, 0.15) is 0 Å². The van der Waals surface area contributed by atoms with Crippen LogP contribution in [-0.2, 0) is 0 Å². The second-order valence-electron chi connectivity index (χ2n) is 2.72. The zero-order valence-corrected chi connectivity index (χ0v) is 5.15. The molecule has 0 aromatic carbocycles. The zero-order chi connectivity index (χ0) is 5.28. The smallest absolute Gasteiger partial charge is 0.0352 e. The molecule has 7 heavy (non-hydrogen) atoms. The van der Waals surface area contributed by atoms with E-state index in [9.17, 15) is 0 Å². The highest BCUT2D eigenvalue weighted by atomic mass is 14.3. The van der Waals surface area contributed by atoms with Crippen molar-refractivity contribution in [1.82, 2.24) is 0 Å². The van der Waals surface area contributed by atoms with Crippen LogP contribution in [0.15, 0.2) is 0 Å². The molecule has 0 nitrogen and oxygen atoms in total. The fraction of sp³-hybridized carbons (Fsp3) is 0.857. The molecule has 0 amide bonds. The summed E-state index contributed by atoms with van der Waals surface area (Å²) >= 11 is 0. The van der Waals surface area contributed by atoms with Gasteiger partial charge in [0.25, 0.3) is 0 Å². The van der Waals surface area contributed by atoms with Crippen molar-refractivity contribution in [2.24, 2.45) is 11.8 Å². The molecular formula is C7H13. The monoisotopic (exact) mass is 97.1 g/mol. The molecule has 1 atom stereocenters. The number of hydrogen-bond donors (Lipinski definition) is 0. The van der Waals surface area contributed by atoms with E-state index in [-0.39, 0.29) is 0 Å². The summed E-state index contributed by atoms with van der Waals surface area (Å²) in [6.45, 7) is 4.58. The van der Waals surface area contributed by atoms with Crippen molar-refractivity contribution in [3.8, 4) is 0 Å². The standard InChI is InChI=1S/C7H13/c1-6(2)7-4-3-5-7/h4,6-7H,3,5H2,1-2H3. The summed E-state index contributed by atoms with van der Waals surface area (Å²) in [5, 5.41) is 0. The van der Waals surface area contributed by atoms with Crippen LogP contribution in [-0.4, -0.2) is 0 Å². The Morgan fingerprint density at radius 3 is 2.14 bits per heavy atom. The molecule has 0 saturated heterocycles. The normalized spacial score (nSPS) is 22.7. The summed E-state index contributed by atoms with van der Waals surface area (Å²) < 4.78 is 0. The lowest BCUT2D eigenvalue weighted by atomic mass is 9.78. The number of rotatable bonds is 1. The van der Waals surface area contributed by atoms with Gasteiger partial charge in [0, 0.05) is 0 Å². The molecule has 41 valence electrons. The van der Waals surface area contributed by atoms with Crippen LogP contribution in [0.3, 0.4) is 0 Å². The second kappa shape index (κ2) is 1.85. The highest BCUT2D eigenvalue weighted by Crippen LogP contribution is 2.31. The predicted molar refractivity (Wildman–Crippen MR) is 31.9 cm³/mol. The van der Waals surface area contributed by atoms with E-state index in [0.717, 1.165) is 11.8 Å². The minimum atomic E-state index is 0.897. The molecule has 1 unspecified atom stereocenters. The lowest BCUT2D eigenvalue weighted by Crippen LogP contribution is -2.17. The molecule has 1 saturated carbocycles. The van der Waals surface area contributed by atoms with E-state index >= 15 is 0 Å². The van der Waals surface area contributed by atoms with Crippen LogP contribution in [0.5, 0.6) is 0 Å². The topological polar surface area (TPSA) is 0 Å². The molecule has 1 radical (unpaired) electrons. The lowest BCUT2D eigenvalue weighted by molar-refractivity contribution is 0.326. The lowest BCUT2D eigenvalue weighted by Gasteiger charge is -2.28. The molecule has 1 fully saturated rings. The Hall–Kier alpha value is 0. The third-order valence-corrected chi connectivity index (χ3v) is 1.83. The quantitative estimate of drug-likeness (QED) is 0.470. The van der Waals surface area contributed by atoms with Gasteiger partial charge in [-0.1, -0.05) is 13.8 Å². The highest BCUT2D eigenvalue weighted by molar-refractivity contribution is 4.88. The first kappa shape index (κ1) is 5.14. The Bertz CT molecular complexity index is 51.1. The van der Waals surface area contributed by atoms with Gasteiger partial charge in [-0.25, -0.2) is 0 Å². The molecule has 0 aromatic rings. The van der Waals surface area contributed by atoms with Crippen molar-refractivity contribution in [3.63, 3.8) is 0 Å². The average molecular weight is 97.2 g/mol. The molecule has 1 aliphatic carbocycles. The van der Waals surface area contributed by atoms with Crippen molar-refractivity contribution in [2.45, 2.75) is 26.7 Å². The van der Waals surface area contributed by atoms with Crippen LogP contribution in [0.4, 0.5) is 0 Å². The maximum atomic E-state index is 2.42. The highest BCUT2D eigenvalue weighted by Gasteiger charge is 2.20. The van der Waals surface area contributed by atoms with E-state index in [2.05, 4.69) is 20.3 Å². The predicted octanol–water partition coefficient (Wildman–Crippen LogP) is 2.26. The second-order valence-corrected chi connectivity index (χ2v) is 2.72. The Morgan fingerprint density at radius 1 is 1.57 bits per heavy atom. The first-order valence-corrected chi connectivity index (χ1v) is 3.14. The molecule has 0 bridgehead atoms. The molecule has 0 aliphatic heterocycles. The van der Waals surface area contributed by atoms with Gasteiger partial charge in [-0.15, -0.1) is 0 Å². The van der Waals surface area contributed by atoms with E-state index < -0.39 is 0 Å². The fourth-order valence-electron chi connectivity index (χ4n) is 0.965. The van der Waals surface area contributed by atoms with Crippen molar-refractivity contribution in [3.05, 3.63) is 6.42 Å². The van der Waals surface area contributed by atoms with Gasteiger partial charge in [0.15, 0.2) is 0 Å². The summed E-state index contributed by atoms with van der Waals surface area (Å²) in [4.78, 5) is 0. The third kappa shape index (κ3) is 0.960. The first-order chi connectivity index (χ1) is 3.30. The van der Waals surface area contributed by atoms with Crippen LogP contribution in [0, 0.1) is 18.3 Å². The van der Waals surface area contributed by atoms with Gasteiger partial charge in [-0.05, 0) is 31.1 Å². The molecule has 0 spiro atoms. The largest absolute Gasteiger partial charge is 0.0625 e. The van der Waals surface area contributed by atoms with Gasteiger partial charge >= 0.3 is 0 Å². The minimum Gasteiger partial charge on any atom is -0.0625 e. The summed E-state index contributed by atoms with van der Waals surface area (Å²) in [5.41, 5.74) is 0. The van der Waals surface area contributed by atoms with E-state index in [1.165, 1.54) is 12.8 Å². The van der Waals surface area contributed by atoms with Crippen molar-refractivity contribution >= 4 is 0 Å². The Kier molecular flexibility index (Phi) is 1.36. The van der Waals surface area contributed by atoms with Crippen molar-refractivity contribution in [2.75, 3.05) is 0 Å². The van der Waals surface area contributed by atoms with Crippen LogP contribution >= 0.6 is 0 Å². The third-order valence-electron chi connectivity index (χ3n) is 1.83. The fourth-order valence-corrected chi connectivity index (χ4v) is 0.965. The molecule has 1 rings (SSSR count). The van der Waals surface area contributed by atoms with E-state index in [1.807, 2.05) is 0 Å². The summed E-state index contributed by atoms with van der Waals surface area (Å²) in [7, 11) is 0.